The SMILES string of the molecule is CC/C=C\C/C=C\C/C=C\C/C=C\C/C=C\C/C=C\C/C=C\CCCCCC(=O)OCC(COC(=O)CCCCCCCCC)OC(=O)CCCCCCC/C=C\C/C=C\C/C=C\C/C=C\C/C=C\CC. The van der Waals surface area contributed by atoms with E-state index in [0.29, 0.717) is 19.3 Å². The summed E-state index contributed by atoms with van der Waals surface area (Å²) >= 11 is 0. The van der Waals surface area contributed by atoms with Crippen molar-refractivity contribution in [3.8, 4) is 0 Å². The summed E-state index contributed by atoms with van der Waals surface area (Å²) in [6, 6.07) is 0. The number of carbonyl (C=O) groups is 3. The zero-order valence-corrected chi connectivity index (χ0v) is 45.4. The Morgan fingerprint density at radius 2 is 0.549 bits per heavy atom. The molecule has 0 radical (unpaired) electrons. The van der Waals surface area contributed by atoms with Gasteiger partial charge in [0.2, 0.25) is 0 Å². The van der Waals surface area contributed by atoms with Gasteiger partial charge in [-0.1, -0.05) is 231 Å². The van der Waals surface area contributed by atoms with Crippen molar-refractivity contribution >= 4 is 17.9 Å². The van der Waals surface area contributed by atoms with Gasteiger partial charge >= 0.3 is 17.9 Å². The van der Waals surface area contributed by atoms with Crippen LogP contribution < -0.4 is 0 Å². The molecule has 71 heavy (non-hydrogen) atoms. The molecule has 0 aliphatic carbocycles. The lowest BCUT2D eigenvalue weighted by Crippen LogP contribution is -2.30. The Morgan fingerprint density at radius 1 is 0.296 bits per heavy atom. The normalized spacial score (nSPS) is 13.2. The van der Waals surface area contributed by atoms with E-state index in [-0.39, 0.29) is 31.1 Å². The molecule has 1 unspecified atom stereocenters. The second-order valence-electron chi connectivity index (χ2n) is 18.1. The summed E-state index contributed by atoms with van der Waals surface area (Å²) in [6.45, 7) is 6.31. The molecular weight excluding hydrogens is 877 g/mol. The van der Waals surface area contributed by atoms with Crippen molar-refractivity contribution in [1.29, 1.82) is 0 Å². The van der Waals surface area contributed by atoms with Crippen LogP contribution >= 0.6 is 0 Å². The number of hydrogen-bond acceptors (Lipinski definition) is 6. The highest BCUT2D eigenvalue weighted by atomic mass is 16.6. The predicted molar refractivity (Wildman–Crippen MR) is 306 cm³/mol. The van der Waals surface area contributed by atoms with E-state index in [1.807, 2.05) is 0 Å². The van der Waals surface area contributed by atoms with Crippen molar-refractivity contribution in [2.24, 2.45) is 0 Å². The summed E-state index contributed by atoms with van der Waals surface area (Å²) in [5.41, 5.74) is 0. The quantitative estimate of drug-likeness (QED) is 0.0262. The van der Waals surface area contributed by atoms with Crippen molar-refractivity contribution in [2.75, 3.05) is 13.2 Å². The first-order chi connectivity index (χ1) is 35.0. The number of ether oxygens (including phenoxy) is 3. The van der Waals surface area contributed by atoms with Gasteiger partial charge in [0.15, 0.2) is 6.10 Å². The van der Waals surface area contributed by atoms with E-state index in [0.717, 1.165) is 161 Å². The van der Waals surface area contributed by atoms with Gasteiger partial charge in [-0.25, -0.2) is 0 Å². The fourth-order valence-corrected chi connectivity index (χ4v) is 7.15. The van der Waals surface area contributed by atoms with Crippen molar-refractivity contribution in [1.82, 2.24) is 0 Å². The highest BCUT2D eigenvalue weighted by molar-refractivity contribution is 5.71. The molecular formula is C65H102O6. The second kappa shape index (κ2) is 57.9. The van der Waals surface area contributed by atoms with E-state index < -0.39 is 6.10 Å². The first-order valence-electron chi connectivity index (χ1n) is 28.3. The van der Waals surface area contributed by atoms with Gasteiger partial charge in [-0.3, -0.25) is 14.4 Å². The number of hydrogen-bond donors (Lipinski definition) is 0. The van der Waals surface area contributed by atoms with E-state index in [2.05, 4.69) is 167 Å². The third-order valence-corrected chi connectivity index (χ3v) is 11.3. The van der Waals surface area contributed by atoms with E-state index in [1.54, 1.807) is 0 Å². The van der Waals surface area contributed by atoms with Gasteiger partial charge in [-0.15, -0.1) is 0 Å². The van der Waals surface area contributed by atoms with Crippen molar-refractivity contribution < 1.29 is 28.6 Å². The van der Waals surface area contributed by atoms with Gasteiger partial charge < -0.3 is 14.2 Å². The molecule has 0 saturated heterocycles. The van der Waals surface area contributed by atoms with E-state index in [4.69, 9.17) is 14.2 Å². The average molecular weight is 980 g/mol. The minimum absolute atomic E-state index is 0.102. The molecule has 398 valence electrons. The molecule has 0 aliphatic rings. The Kier molecular flexibility index (Phi) is 54.0. The van der Waals surface area contributed by atoms with Gasteiger partial charge in [0.1, 0.15) is 13.2 Å². The predicted octanol–water partition coefficient (Wildman–Crippen LogP) is 19.2. The Balaban J connectivity index is 4.36. The molecule has 1 atom stereocenters. The summed E-state index contributed by atoms with van der Waals surface area (Å²) in [4.78, 5) is 37.9. The van der Waals surface area contributed by atoms with Crippen LogP contribution in [0.25, 0.3) is 0 Å². The fourth-order valence-electron chi connectivity index (χ4n) is 7.15. The van der Waals surface area contributed by atoms with Gasteiger partial charge in [0, 0.05) is 19.3 Å². The highest BCUT2D eigenvalue weighted by Gasteiger charge is 2.19. The van der Waals surface area contributed by atoms with Crippen LogP contribution in [0.3, 0.4) is 0 Å². The number of allylic oxidation sites excluding steroid dienone is 24. The molecule has 0 aromatic rings. The van der Waals surface area contributed by atoms with E-state index >= 15 is 0 Å². The molecule has 0 aromatic carbocycles. The monoisotopic (exact) mass is 979 g/mol. The standard InChI is InChI=1S/C65H102O6/c1-4-7-10-13-16-18-20-22-24-26-28-30-31-32-33-35-36-38-40-42-44-46-49-52-55-58-64(67)70-61-62(60-69-63(66)57-54-51-48-15-12-9-6-3)71-65(68)59-56-53-50-47-45-43-41-39-37-34-29-27-25-23-21-19-17-14-11-8-5-2/h7-8,10-11,16-19,22-25,28-30,32-34,36,38-39,41-42,44,62H,4-6,9,12-15,20-21,26-27,31,35,37,40,43,45-61H2,1-3H3/b10-7-,11-8-,18-16-,19-17-,24-22-,25-23-,30-28-,33-32-,34-29-,38-36-,41-39-,44-42-. The average Bonchev–Trinajstić information content (AvgIpc) is 3.37. The maximum Gasteiger partial charge on any atom is 0.306 e. The van der Waals surface area contributed by atoms with Gasteiger partial charge in [0.25, 0.3) is 0 Å². The van der Waals surface area contributed by atoms with E-state index in [1.165, 1.54) is 25.7 Å². The van der Waals surface area contributed by atoms with Crippen molar-refractivity contribution in [3.05, 3.63) is 146 Å². The van der Waals surface area contributed by atoms with Crippen LogP contribution in [0.2, 0.25) is 0 Å². The number of rotatable bonds is 49. The van der Waals surface area contributed by atoms with Crippen molar-refractivity contribution in [2.45, 2.75) is 232 Å². The molecule has 6 nitrogen and oxygen atoms in total. The minimum Gasteiger partial charge on any atom is -0.462 e. The zero-order valence-electron chi connectivity index (χ0n) is 45.4. The Morgan fingerprint density at radius 3 is 0.873 bits per heavy atom. The summed E-state index contributed by atoms with van der Waals surface area (Å²) in [5, 5.41) is 0. The lowest BCUT2D eigenvalue weighted by molar-refractivity contribution is -0.167. The molecule has 0 N–H and O–H groups in total. The Labute approximate surface area is 436 Å². The third kappa shape index (κ3) is 56.1. The maximum atomic E-state index is 12.8. The summed E-state index contributed by atoms with van der Waals surface area (Å²) in [6.07, 6.45) is 82.8. The Hall–Kier alpha value is -4.71. The van der Waals surface area contributed by atoms with Gasteiger partial charge in [0.05, 0.1) is 0 Å². The second-order valence-corrected chi connectivity index (χ2v) is 18.1. The molecule has 0 aromatic heterocycles. The molecule has 0 aliphatic heterocycles. The van der Waals surface area contributed by atoms with Crippen molar-refractivity contribution in [3.63, 3.8) is 0 Å². The topological polar surface area (TPSA) is 78.9 Å². The summed E-state index contributed by atoms with van der Waals surface area (Å²) < 4.78 is 16.7. The van der Waals surface area contributed by atoms with Gasteiger partial charge in [-0.2, -0.15) is 0 Å². The van der Waals surface area contributed by atoms with Gasteiger partial charge in [-0.05, 0) is 122 Å². The molecule has 0 saturated carbocycles. The largest absolute Gasteiger partial charge is 0.462 e. The van der Waals surface area contributed by atoms with Crippen LogP contribution in [0.15, 0.2) is 146 Å². The lowest BCUT2D eigenvalue weighted by Gasteiger charge is -2.18. The fraction of sp³-hybridized carbons (Fsp3) is 0.585. The van der Waals surface area contributed by atoms with Crippen LogP contribution in [0.4, 0.5) is 0 Å². The lowest BCUT2D eigenvalue weighted by atomic mass is 10.1. The van der Waals surface area contributed by atoms with Crippen LogP contribution in [-0.4, -0.2) is 37.2 Å². The highest BCUT2D eigenvalue weighted by Crippen LogP contribution is 2.13. The third-order valence-electron chi connectivity index (χ3n) is 11.3. The van der Waals surface area contributed by atoms with Crippen LogP contribution in [0, 0.1) is 0 Å². The molecule has 0 amide bonds. The molecule has 0 heterocycles. The molecule has 0 bridgehead atoms. The summed E-state index contributed by atoms with van der Waals surface area (Å²) in [5.74, 6) is -0.970. The van der Waals surface area contributed by atoms with E-state index in [9.17, 15) is 14.4 Å². The maximum absolute atomic E-state index is 12.8. The molecule has 0 rings (SSSR count). The zero-order chi connectivity index (χ0) is 51.4. The summed E-state index contributed by atoms with van der Waals surface area (Å²) in [7, 11) is 0. The first kappa shape index (κ1) is 66.3. The smallest absolute Gasteiger partial charge is 0.306 e. The van der Waals surface area contributed by atoms with Crippen LogP contribution in [-0.2, 0) is 28.6 Å². The number of carbonyl (C=O) groups excluding carboxylic acids is 3. The first-order valence-corrected chi connectivity index (χ1v) is 28.3. The number of esters is 3. The minimum atomic E-state index is -0.806. The van der Waals surface area contributed by atoms with Crippen LogP contribution in [0.1, 0.15) is 226 Å². The Bertz CT molecular complexity index is 1590. The van der Waals surface area contributed by atoms with Crippen LogP contribution in [0.5, 0.6) is 0 Å². The molecule has 0 fully saturated rings. The molecule has 0 spiro atoms. The molecule has 6 heteroatoms. The number of unbranched alkanes of at least 4 members (excludes halogenated alkanes) is 14.